The molecule has 3 heteroatoms. The Kier molecular flexibility index (Phi) is 5.67. The molecular weight excluding hydrogens is 607 g/mol. The van der Waals surface area contributed by atoms with Gasteiger partial charge in [-0.25, -0.2) is 4.98 Å². The summed E-state index contributed by atoms with van der Waals surface area (Å²) in [5.41, 5.74) is 11.6. The van der Waals surface area contributed by atoms with E-state index in [1.54, 1.807) is 0 Å². The summed E-state index contributed by atoms with van der Waals surface area (Å²) in [6.07, 6.45) is 2.12. The highest BCUT2D eigenvalue weighted by Crippen LogP contribution is 2.41. The van der Waals surface area contributed by atoms with Crippen molar-refractivity contribution in [2.75, 3.05) is 0 Å². The predicted molar refractivity (Wildman–Crippen MR) is 210 cm³/mol. The van der Waals surface area contributed by atoms with Gasteiger partial charge in [-0.3, -0.25) is 4.40 Å². The highest BCUT2D eigenvalue weighted by atomic mass is 15.0. The summed E-state index contributed by atoms with van der Waals surface area (Å²) in [6, 6.07) is 61.6. The first kappa shape index (κ1) is 27.3. The third-order valence-electron chi connectivity index (χ3n) is 10.5. The van der Waals surface area contributed by atoms with Crippen LogP contribution in [0, 0.1) is 0 Å². The quantitative estimate of drug-likeness (QED) is 0.177. The first-order chi connectivity index (χ1) is 24.8. The molecule has 0 saturated carbocycles. The Morgan fingerprint density at radius 3 is 1.72 bits per heavy atom. The molecule has 232 valence electrons. The molecule has 8 aromatic carbocycles. The van der Waals surface area contributed by atoms with Gasteiger partial charge in [0.05, 0.1) is 22.1 Å². The van der Waals surface area contributed by atoms with E-state index in [1.165, 1.54) is 82.1 Å². The lowest BCUT2D eigenvalue weighted by molar-refractivity contribution is 1.18. The molecule has 3 aromatic heterocycles. The smallest absolute Gasteiger partial charge is 0.137 e. The Morgan fingerprint density at radius 2 is 0.980 bits per heavy atom. The van der Waals surface area contributed by atoms with Crippen LogP contribution in [0.1, 0.15) is 0 Å². The normalized spacial score (nSPS) is 12.0. The fraction of sp³-hybridized carbons (Fsp3) is 0. The molecule has 0 saturated heterocycles. The van der Waals surface area contributed by atoms with Gasteiger partial charge < -0.3 is 4.57 Å². The zero-order valence-corrected chi connectivity index (χ0v) is 27.1. The van der Waals surface area contributed by atoms with Crippen LogP contribution in [0.3, 0.4) is 0 Å². The average Bonchev–Trinajstić information content (AvgIpc) is 3.74. The Balaban J connectivity index is 1.02. The number of aromatic nitrogens is 3. The van der Waals surface area contributed by atoms with Gasteiger partial charge in [0.1, 0.15) is 5.65 Å². The van der Waals surface area contributed by atoms with E-state index in [0.717, 1.165) is 16.7 Å². The second-order valence-corrected chi connectivity index (χ2v) is 13.2. The van der Waals surface area contributed by atoms with Crippen LogP contribution >= 0.6 is 0 Å². The van der Waals surface area contributed by atoms with E-state index < -0.39 is 0 Å². The molecule has 3 nitrogen and oxygen atoms in total. The van der Waals surface area contributed by atoms with Gasteiger partial charge in [0, 0.05) is 33.4 Å². The minimum Gasteiger partial charge on any atom is -0.309 e. The van der Waals surface area contributed by atoms with E-state index in [9.17, 15) is 0 Å². The molecule has 0 amide bonds. The first-order valence-corrected chi connectivity index (χ1v) is 17.1. The van der Waals surface area contributed by atoms with E-state index in [1.807, 2.05) is 0 Å². The molecule has 50 heavy (non-hydrogen) atoms. The molecule has 0 atom stereocenters. The van der Waals surface area contributed by atoms with Crippen LogP contribution in [0.5, 0.6) is 0 Å². The molecule has 0 spiro atoms. The third-order valence-corrected chi connectivity index (χ3v) is 10.5. The van der Waals surface area contributed by atoms with E-state index in [-0.39, 0.29) is 0 Å². The van der Waals surface area contributed by atoms with Crippen molar-refractivity contribution < 1.29 is 0 Å². The standard InChI is InChI=1S/C47H29N3/c1-2-10-36-33(9-1)22-27-40-45(36)41-29-34(23-26-39(41)47-46(40)48-44-15-7-8-28-49(44)47)32-18-16-30(17-19-32)31-20-24-35(25-21-31)50-42-13-5-3-11-37(42)38-12-4-6-14-43(38)50/h1-29H. The lowest BCUT2D eigenvalue weighted by Crippen LogP contribution is -1.93. The van der Waals surface area contributed by atoms with Gasteiger partial charge in [0.15, 0.2) is 0 Å². The molecule has 0 aliphatic rings. The van der Waals surface area contributed by atoms with Gasteiger partial charge in [-0.2, -0.15) is 0 Å². The van der Waals surface area contributed by atoms with Crippen molar-refractivity contribution in [1.82, 2.24) is 14.0 Å². The van der Waals surface area contributed by atoms with Crippen molar-refractivity contribution in [2.24, 2.45) is 0 Å². The topological polar surface area (TPSA) is 22.2 Å². The zero-order chi connectivity index (χ0) is 32.8. The van der Waals surface area contributed by atoms with Crippen LogP contribution in [0.25, 0.3) is 98.7 Å². The largest absolute Gasteiger partial charge is 0.309 e. The van der Waals surface area contributed by atoms with Gasteiger partial charge in [-0.05, 0) is 86.3 Å². The van der Waals surface area contributed by atoms with Crippen LogP contribution in [0.2, 0.25) is 0 Å². The monoisotopic (exact) mass is 635 g/mol. The lowest BCUT2D eigenvalue weighted by atomic mass is 9.92. The lowest BCUT2D eigenvalue weighted by Gasteiger charge is -2.13. The number of para-hydroxylation sites is 2. The summed E-state index contributed by atoms with van der Waals surface area (Å²) in [4.78, 5) is 5.13. The zero-order valence-electron chi connectivity index (χ0n) is 27.1. The highest BCUT2D eigenvalue weighted by Gasteiger charge is 2.17. The van der Waals surface area contributed by atoms with Crippen molar-refractivity contribution in [3.05, 3.63) is 176 Å². The molecule has 0 bridgehead atoms. The molecular formula is C47H29N3. The maximum atomic E-state index is 5.13. The van der Waals surface area contributed by atoms with Crippen molar-refractivity contribution in [3.8, 4) is 27.9 Å². The summed E-state index contributed by atoms with van der Waals surface area (Å²) in [5.74, 6) is 0. The van der Waals surface area contributed by atoms with Crippen LogP contribution < -0.4 is 0 Å². The fourth-order valence-electron chi connectivity index (χ4n) is 8.20. The number of pyridine rings is 1. The minimum absolute atomic E-state index is 0.965. The summed E-state index contributed by atoms with van der Waals surface area (Å²) in [7, 11) is 0. The van der Waals surface area contributed by atoms with Crippen molar-refractivity contribution in [3.63, 3.8) is 0 Å². The predicted octanol–water partition coefficient (Wildman–Crippen LogP) is 12.4. The number of imidazole rings is 1. The number of hydrogen-bond acceptors (Lipinski definition) is 1. The Labute approximate surface area is 287 Å². The second kappa shape index (κ2) is 10.4. The van der Waals surface area contributed by atoms with Crippen molar-refractivity contribution in [1.29, 1.82) is 0 Å². The number of nitrogens with zero attached hydrogens (tertiary/aromatic N) is 3. The summed E-state index contributed by atoms with van der Waals surface area (Å²) in [5, 5.41) is 9.96. The Hall–Kier alpha value is -6.71. The SMILES string of the molecule is c1ccc2c(c1)ccc1c3nc4ccccn4c3c3ccc(-c4ccc(-c5ccc(-n6c7ccccc7c7ccccc76)cc5)cc4)cc3c21. The highest BCUT2D eigenvalue weighted by molar-refractivity contribution is 6.30. The molecule has 0 fully saturated rings. The molecule has 11 rings (SSSR count). The Bertz CT molecular complexity index is 3070. The van der Waals surface area contributed by atoms with Crippen LogP contribution in [0.4, 0.5) is 0 Å². The number of fused-ring (bicyclic) bond motifs is 13. The molecule has 0 N–H and O–H groups in total. The minimum atomic E-state index is 0.965. The fourth-order valence-corrected chi connectivity index (χ4v) is 8.20. The van der Waals surface area contributed by atoms with Gasteiger partial charge in [-0.15, -0.1) is 0 Å². The number of benzene rings is 8. The van der Waals surface area contributed by atoms with Gasteiger partial charge in [0.25, 0.3) is 0 Å². The molecule has 0 aliphatic heterocycles. The second-order valence-electron chi connectivity index (χ2n) is 13.2. The van der Waals surface area contributed by atoms with Gasteiger partial charge >= 0.3 is 0 Å². The molecule has 0 aliphatic carbocycles. The molecule has 0 unspecified atom stereocenters. The van der Waals surface area contributed by atoms with E-state index in [2.05, 4.69) is 185 Å². The summed E-state index contributed by atoms with van der Waals surface area (Å²) >= 11 is 0. The maximum Gasteiger partial charge on any atom is 0.137 e. The van der Waals surface area contributed by atoms with Crippen LogP contribution in [-0.2, 0) is 0 Å². The Morgan fingerprint density at radius 1 is 0.400 bits per heavy atom. The third kappa shape index (κ3) is 3.89. The van der Waals surface area contributed by atoms with Gasteiger partial charge in [0.2, 0.25) is 0 Å². The summed E-state index contributed by atoms with van der Waals surface area (Å²) in [6.45, 7) is 0. The van der Waals surface area contributed by atoms with Crippen LogP contribution in [0.15, 0.2) is 176 Å². The van der Waals surface area contributed by atoms with E-state index in [4.69, 9.17) is 4.98 Å². The van der Waals surface area contributed by atoms with Crippen molar-refractivity contribution in [2.45, 2.75) is 0 Å². The average molecular weight is 636 g/mol. The van der Waals surface area contributed by atoms with Crippen molar-refractivity contribution >= 4 is 70.8 Å². The van der Waals surface area contributed by atoms with E-state index in [0.29, 0.717) is 0 Å². The number of hydrogen-bond donors (Lipinski definition) is 0. The van der Waals surface area contributed by atoms with Gasteiger partial charge in [-0.1, -0.05) is 127 Å². The first-order valence-electron chi connectivity index (χ1n) is 17.1. The maximum absolute atomic E-state index is 5.13. The molecule has 0 radical (unpaired) electrons. The molecule has 11 aromatic rings. The summed E-state index contributed by atoms with van der Waals surface area (Å²) < 4.78 is 4.60. The number of rotatable bonds is 3. The van der Waals surface area contributed by atoms with E-state index >= 15 is 0 Å². The van der Waals surface area contributed by atoms with Crippen LogP contribution in [-0.4, -0.2) is 14.0 Å². The molecule has 3 heterocycles.